The lowest BCUT2D eigenvalue weighted by molar-refractivity contribution is 0.877. The second kappa shape index (κ2) is 6.65. The summed E-state index contributed by atoms with van der Waals surface area (Å²) >= 11 is 1.88. The molecule has 0 atom stereocenters. The number of aromatic nitrogens is 1. The van der Waals surface area contributed by atoms with E-state index in [2.05, 4.69) is 98.8 Å². The van der Waals surface area contributed by atoms with Crippen molar-refractivity contribution >= 4 is 53.2 Å². The molecule has 0 saturated heterocycles. The van der Waals surface area contributed by atoms with Crippen LogP contribution in [0.15, 0.2) is 84.9 Å². The third-order valence-corrected chi connectivity index (χ3v) is 7.13. The van der Waals surface area contributed by atoms with Crippen molar-refractivity contribution in [2.45, 2.75) is 19.8 Å². The highest BCUT2D eigenvalue weighted by Gasteiger charge is 2.16. The van der Waals surface area contributed by atoms with E-state index in [0.29, 0.717) is 5.92 Å². The molecular formula is C28H21NS. The molecule has 2 aromatic heterocycles. The number of para-hydroxylation sites is 1. The highest BCUT2D eigenvalue weighted by atomic mass is 32.1. The third kappa shape index (κ3) is 2.57. The number of hydrogen-bond donors (Lipinski definition) is 0. The molecule has 30 heavy (non-hydrogen) atoms. The number of fused-ring (bicyclic) bond motifs is 6. The zero-order valence-corrected chi connectivity index (χ0v) is 17.8. The Hall–Kier alpha value is -3.23. The van der Waals surface area contributed by atoms with Gasteiger partial charge in [0.1, 0.15) is 0 Å². The van der Waals surface area contributed by atoms with Crippen molar-refractivity contribution in [1.29, 1.82) is 0 Å². The summed E-state index contributed by atoms with van der Waals surface area (Å²) in [6, 6.07) is 30.6. The molecule has 0 bridgehead atoms. The van der Waals surface area contributed by atoms with Gasteiger partial charge >= 0.3 is 0 Å². The summed E-state index contributed by atoms with van der Waals surface area (Å²) in [4.78, 5) is 5.14. The van der Waals surface area contributed by atoms with Gasteiger partial charge in [0, 0.05) is 36.5 Å². The fourth-order valence-electron chi connectivity index (χ4n) is 4.60. The zero-order chi connectivity index (χ0) is 20.2. The number of hydrogen-bond acceptors (Lipinski definition) is 2. The molecule has 4 aromatic carbocycles. The van der Waals surface area contributed by atoms with Crippen molar-refractivity contribution in [3.63, 3.8) is 0 Å². The molecule has 144 valence electrons. The van der Waals surface area contributed by atoms with Crippen LogP contribution in [-0.2, 0) is 0 Å². The molecule has 0 aliphatic heterocycles. The van der Waals surface area contributed by atoms with E-state index in [4.69, 9.17) is 4.98 Å². The largest absolute Gasteiger partial charge is 0.247 e. The average Bonchev–Trinajstić information content (AvgIpc) is 3.16. The summed E-state index contributed by atoms with van der Waals surface area (Å²) in [6.07, 6.45) is 0. The lowest BCUT2D eigenvalue weighted by Crippen LogP contribution is -1.93. The van der Waals surface area contributed by atoms with Gasteiger partial charge in [0.15, 0.2) is 0 Å². The lowest BCUT2D eigenvalue weighted by Gasteiger charge is -2.14. The summed E-state index contributed by atoms with van der Waals surface area (Å²) in [5.41, 5.74) is 4.73. The zero-order valence-electron chi connectivity index (χ0n) is 17.0. The van der Waals surface area contributed by atoms with Gasteiger partial charge < -0.3 is 0 Å². The minimum atomic E-state index is 0.442. The molecule has 0 aliphatic carbocycles. The van der Waals surface area contributed by atoms with Crippen LogP contribution in [0, 0.1) is 0 Å². The van der Waals surface area contributed by atoms with Crippen LogP contribution < -0.4 is 0 Å². The molecule has 6 rings (SSSR count). The second-order valence-electron chi connectivity index (χ2n) is 8.21. The van der Waals surface area contributed by atoms with Crippen LogP contribution in [0.2, 0.25) is 0 Å². The van der Waals surface area contributed by atoms with Gasteiger partial charge in [0.25, 0.3) is 0 Å². The van der Waals surface area contributed by atoms with E-state index < -0.39 is 0 Å². The monoisotopic (exact) mass is 403 g/mol. The normalized spacial score (nSPS) is 12.0. The van der Waals surface area contributed by atoms with E-state index >= 15 is 0 Å². The van der Waals surface area contributed by atoms with Gasteiger partial charge in [-0.2, -0.15) is 0 Å². The van der Waals surface area contributed by atoms with Gasteiger partial charge in [-0.25, -0.2) is 4.98 Å². The predicted molar refractivity (Wildman–Crippen MR) is 132 cm³/mol. The molecule has 0 saturated carbocycles. The van der Waals surface area contributed by atoms with Crippen LogP contribution in [0.3, 0.4) is 0 Å². The van der Waals surface area contributed by atoms with Gasteiger partial charge in [0.2, 0.25) is 0 Å². The summed E-state index contributed by atoms with van der Waals surface area (Å²) in [5, 5.41) is 6.46. The van der Waals surface area contributed by atoms with Gasteiger partial charge in [-0.3, -0.25) is 0 Å². The highest BCUT2D eigenvalue weighted by Crippen LogP contribution is 2.42. The van der Waals surface area contributed by atoms with E-state index in [1.807, 2.05) is 11.3 Å². The summed E-state index contributed by atoms with van der Waals surface area (Å²) < 4.78 is 2.69. The molecule has 0 aliphatic rings. The van der Waals surface area contributed by atoms with Crippen molar-refractivity contribution in [2.75, 3.05) is 0 Å². The van der Waals surface area contributed by atoms with E-state index in [9.17, 15) is 0 Å². The smallest absolute Gasteiger partial charge is 0.0788 e. The number of thiophene rings is 1. The van der Waals surface area contributed by atoms with E-state index in [1.165, 1.54) is 47.5 Å². The first-order chi connectivity index (χ1) is 14.7. The minimum absolute atomic E-state index is 0.442. The van der Waals surface area contributed by atoms with Crippen molar-refractivity contribution in [2.24, 2.45) is 0 Å². The Kier molecular flexibility index (Phi) is 3.90. The standard InChI is InChI=1S/C28H21NS/c1-17(2)23-15-18(16-26-27(23)22-12-6-8-14-25(22)30-26)28-21-11-4-3-9-19(21)20-10-5-7-13-24(20)29-28/h3-17H,1-2H3. The molecule has 6 aromatic rings. The molecule has 0 radical (unpaired) electrons. The first-order valence-electron chi connectivity index (χ1n) is 10.4. The molecule has 0 spiro atoms. The molecule has 1 nitrogen and oxygen atoms in total. The van der Waals surface area contributed by atoms with Gasteiger partial charge in [-0.05, 0) is 41.1 Å². The maximum Gasteiger partial charge on any atom is 0.0788 e. The van der Waals surface area contributed by atoms with Crippen molar-refractivity contribution in [3.8, 4) is 11.3 Å². The van der Waals surface area contributed by atoms with Crippen LogP contribution in [0.25, 0.3) is 53.1 Å². The van der Waals surface area contributed by atoms with Crippen molar-refractivity contribution in [1.82, 2.24) is 4.98 Å². The second-order valence-corrected chi connectivity index (χ2v) is 9.30. The van der Waals surface area contributed by atoms with Crippen LogP contribution in [0.4, 0.5) is 0 Å². The van der Waals surface area contributed by atoms with Crippen molar-refractivity contribution in [3.05, 3.63) is 90.5 Å². The highest BCUT2D eigenvalue weighted by molar-refractivity contribution is 7.25. The van der Waals surface area contributed by atoms with Crippen LogP contribution in [-0.4, -0.2) is 4.98 Å². The fourth-order valence-corrected chi connectivity index (χ4v) is 5.78. The van der Waals surface area contributed by atoms with E-state index in [-0.39, 0.29) is 0 Å². The molecular weight excluding hydrogens is 382 g/mol. The summed E-state index contributed by atoms with van der Waals surface area (Å²) in [5.74, 6) is 0.442. The quantitative estimate of drug-likeness (QED) is 0.264. The van der Waals surface area contributed by atoms with Crippen LogP contribution in [0.1, 0.15) is 25.3 Å². The number of pyridine rings is 1. The molecule has 0 amide bonds. The Morgan fingerprint density at radius 1 is 0.667 bits per heavy atom. The lowest BCUT2D eigenvalue weighted by atomic mass is 9.92. The molecule has 0 N–H and O–H groups in total. The first-order valence-corrected chi connectivity index (χ1v) is 11.3. The Morgan fingerprint density at radius 3 is 2.13 bits per heavy atom. The summed E-state index contributed by atoms with van der Waals surface area (Å²) in [6.45, 7) is 4.58. The molecule has 0 fully saturated rings. The summed E-state index contributed by atoms with van der Waals surface area (Å²) in [7, 11) is 0. The van der Waals surface area contributed by atoms with E-state index in [1.54, 1.807) is 0 Å². The predicted octanol–water partition coefficient (Wildman–Crippen LogP) is 8.55. The Balaban J connectivity index is 1.74. The topological polar surface area (TPSA) is 12.9 Å². The average molecular weight is 404 g/mol. The van der Waals surface area contributed by atoms with Crippen molar-refractivity contribution < 1.29 is 0 Å². The Bertz CT molecular complexity index is 1570. The minimum Gasteiger partial charge on any atom is -0.247 e. The number of nitrogens with zero attached hydrogens (tertiary/aromatic N) is 1. The molecule has 2 heteroatoms. The fraction of sp³-hybridized carbons (Fsp3) is 0.107. The van der Waals surface area contributed by atoms with Crippen LogP contribution >= 0.6 is 11.3 Å². The molecule has 2 heterocycles. The number of rotatable bonds is 2. The first kappa shape index (κ1) is 17.6. The van der Waals surface area contributed by atoms with Gasteiger partial charge in [-0.1, -0.05) is 74.5 Å². The third-order valence-electron chi connectivity index (χ3n) is 6.01. The molecule has 0 unspecified atom stereocenters. The number of benzene rings is 4. The SMILES string of the molecule is CC(C)c1cc(-c2nc3ccccc3c3ccccc23)cc2sc3ccccc3c12. The maximum absolute atomic E-state index is 5.14. The Morgan fingerprint density at radius 2 is 1.33 bits per heavy atom. The van der Waals surface area contributed by atoms with E-state index in [0.717, 1.165) is 11.2 Å². The maximum atomic E-state index is 5.14. The Labute approximate surface area is 179 Å². The van der Waals surface area contributed by atoms with Gasteiger partial charge in [0.05, 0.1) is 11.2 Å². The van der Waals surface area contributed by atoms with Crippen LogP contribution in [0.5, 0.6) is 0 Å². The van der Waals surface area contributed by atoms with Gasteiger partial charge in [-0.15, -0.1) is 11.3 Å².